The molecule has 1 aromatic rings. The lowest BCUT2D eigenvalue weighted by molar-refractivity contribution is 0.625. The fourth-order valence-electron chi connectivity index (χ4n) is 2.47. The number of nitrogens with zero attached hydrogens (tertiary/aromatic N) is 1. The smallest absolute Gasteiger partial charge is 0.0513 e. The summed E-state index contributed by atoms with van der Waals surface area (Å²) in [7, 11) is 0. The number of rotatable bonds is 8. The molecule has 0 fully saturated rings. The molecule has 2 N–H and O–H groups in total. The highest BCUT2D eigenvalue weighted by Gasteiger charge is 2.13. The molecule has 1 unspecified atom stereocenters. The summed E-state index contributed by atoms with van der Waals surface area (Å²) in [4.78, 5) is 2.48. The van der Waals surface area contributed by atoms with Gasteiger partial charge in [0.2, 0.25) is 0 Å². The normalized spacial score (nSPS) is 12.8. The van der Waals surface area contributed by atoms with Gasteiger partial charge in [0.1, 0.15) is 0 Å². The lowest BCUT2D eigenvalue weighted by Gasteiger charge is -2.30. The molecule has 0 aliphatic rings. The zero-order chi connectivity index (χ0) is 15.1. The molecule has 0 saturated heterocycles. The van der Waals surface area contributed by atoms with Crippen LogP contribution in [0, 0.1) is 0 Å². The zero-order valence-corrected chi connectivity index (χ0v) is 14.9. The fraction of sp³-hybridized carbons (Fsp3) is 0.647. The first kappa shape index (κ1) is 17.5. The van der Waals surface area contributed by atoms with Crippen LogP contribution < -0.4 is 10.6 Å². The monoisotopic (exact) mass is 340 g/mol. The predicted molar refractivity (Wildman–Crippen MR) is 93.5 cm³/mol. The van der Waals surface area contributed by atoms with E-state index in [2.05, 4.69) is 59.8 Å². The average Bonchev–Trinajstić information content (AvgIpc) is 2.35. The van der Waals surface area contributed by atoms with Crippen LogP contribution in [0.2, 0.25) is 0 Å². The molecule has 2 nitrogen and oxygen atoms in total. The quantitative estimate of drug-likeness (QED) is 0.692. The molecule has 0 saturated carbocycles. The van der Waals surface area contributed by atoms with Crippen LogP contribution in [0.25, 0.3) is 0 Å². The topological polar surface area (TPSA) is 29.3 Å². The molecule has 0 aliphatic carbocycles. The van der Waals surface area contributed by atoms with Crippen LogP contribution in [-0.2, 0) is 6.42 Å². The summed E-state index contributed by atoms with van der Waals surface area (Å²) >= 11 is 3.73. The third kappa shape index (κ3) is 5.45. The molecule has 0 aromatic heterocycles. The highest BCUT2D eigenvalue weighted by Crippen LogP contribution is 2.29. The van der Waals surface area contributed by atoms with Crippen LogP contribution in [0.15, 0.2) is 22.7 Å². The molecule has 1 atom stereocenters. The second-order valence-corrected chi connectivity index (χ2v) is 6.82. The van der Waals surface area contributed by atoms with Gasteiger partial charge in [-0.2, -0.15) is 0 Å². The van der Waals surface area contributed by atoms with E-state index in [-0.39, 0.29) is 6.04 Å². The van der Waals surface area contributed by atoms with Gasteiger partial charge in [0.05, 0.1) is 5.69 Å². The maximum Gasteiger partial charge on any atom is 0.0513 e. The van der Waals surface area contributed by atoms with Gasteiger partial charge in [-0.3, -0.25) is 0 Å². The van der Waals surface area contributed by atoms with Crippen LogP contribution in [0.1, 0.15) is 52.5 Å². The number of anilines is 1. The van der Waals surface area contributed by atoms with Gasteiger partial charge in [0.25, 0.3) is 0 Å². The van der Waals surface area contributed by atoms with E-state index in [4.69, 9.17) is 5.73 Å². The summed E-state index contributed by atoms with van der Waals surface area (Å²) < 4.78 is 1.18. The minimum absolute atomic E-state index is 0.207. The number of hydrogen-bond donors (Lipinski definition) is 1. The molecule has 0 amide bonds. The third-order valence-electron chi connectivity index (χ3n) is 3.51. The highest BCUT2D eigenvalue weighted by molar-refractivity contribution is 9.10. The molecule has 1 rings (SSSR count). The van der Waals surface area contributed by atoms with E-state index >= 15 is 0 Å². The number of nitrogens with two attached hydrogens (primary N) is 1. The summed E-state index contributed by atoms with van der Waals surface area (Å²) in [6.45, 7) is 9.94. The number of halogens is 1. The van der Waals surface area contributed by atoms with E-state index in [1.54, 1.807) is 0 Å². The van der Waals surface area contributed by atoms with Crippen molar-refractivity contribution in [2.24, 2.45) is 5.73 Å². The Morgan fingerprint density at radius 1 is 1.20 bits per heavy atom. The fourth-order valence-corrected chi connectivity index (χ4v) is 3.13. The minimum atomic E-state index is 0.207. The Balaban J connectivity index is 2.85. The third-order valence-corrected chi connectivity index (χ3v) is 4.14. The van der Waals surface area contributed by atoms with Crippen molar-refractivity contribution < 1.29 is 0 Å². The number of benzene rings is 1. The SMILES string of the molecule is CCCCCN(c1ccc(CC(C)N)cc1Br)C(C)C. The van der Waals surface area contributed by atoms with Gasteiger partial charge < -0.3 is 10.6 Å². The summed E-state index contributed by atoms with van der Waals surface area (Å²) in [6.07, 6.45) is 4.74. The largest absolute Gasteiger partial charge is 0.368 e. The van der Waals surface area contributed by atoms with Crippen LogP contribution in [0.5, 0.6) is 0 Å². The minimum Gasteiger partial charge on any atom is -0.368 e. The standard InChI is InChI=1S/C17H29BrN2/c1-5-6-7-10-20(13(2)3)17-9-8-15(11-14(4)19)12-16(17)18/h8-9,12-14H,5-7,10-11,19H2,1-4H3. The van der Waals surface area contributed by atoms with Crippen LogP contribution in [0.3, 0.4) is 0 Å². The highest BCUT2D eigenvalue weighted by atomic mass is 79.9. The van der Waals surface area contributed by atoms with Gasteiger partial charge in [-0.1, -0.05) is 25.8 Å². The van der Waals surface area contributed by atoms with Gasteiger partial charge in [0, 0.05) is 23.1 Å². The van der Waals surface area contributed by atoms with E-state index in [1.165, 1.54) is 35.0 Å². The molecule has 0 radical (unpaired) electrons. The number of unbranched alkanes of at least 4 members (excludes halogenated alkanes) is 2. The Morgan fingerprint density at radius 2 is 1.90 bits per heavy atom. The van der Waals surface area contributed by atoms with Gasteiger partial charge in [0.15, 0.2) is 0 Å². The second kappa shape index (κ2) is 8.68. The maximum atomic E-state index is 5.88. The summed E-state index contributed by atoms with van der Waals surface area (Å²) in [5, 5.41) is 0. The van der Waals surface area contributed by atoms with Gasteiger partial charge in [-0.15, -0.1) is 0 Å². The Bertz CT molecular complexity index is 402. The lowest BCUT2D eigenvalue weighted by atomic mass is 10.1. The lowest BCUT2D eigenvalue weighted by Crippen LogP contribution is -2.32. The Kier molecular flexibility index (Phi) is 7.60. The molecular weight excluding hydrogens is 312 g/mol. The van der Waals surface area contributed by atoms with E-state index in [1.807, 2.05) is 6.92 Å². The van der Waals surface area contributed by atoms with Gasteiger partial charge in [-0.05, 0) is 67.2 Å². The first-order valence-corrected chi connectivity index (χ1v) is 8.55. The van der Waals surface area contributed by atoms with Crippen molar-refractivity contribution in [3.8, 4) is 0 Å². The zero-order valence-electron chi connectivity index (χ0n) is 13.3. The molecule has 20 heavy (non-hydrogen) atoms. The molecular formula is C17H29BrN2. The average molecular weight is 341 g/mol. The summed E-state index contributed by atoms with van der Waals surface area (Å²) in [6, 6.07) is 7.38. The summed E-state index contributed by atoms with van der Waals surface area (Å²) in [5.41, 5.74) is 8.47. The maximum absolute atomic E-state index is 5.88. The molecule has 0 spiro atoms. The van der Waals surface area contributed by atoms with Crippen molar-refractivity contribution in [3.05, 3.63) is 28.2 Å². The van der Waals surface area contributed by atoms with Crippen molar-refractivity contribution in [1.82, 2.24) is 0 Å². The van der Waals surface area contributed by atoms with E-state index in [0.717, 1.165) is 13.0 Å². The Labute approximate surface area is 132 Å². The van der Waals surface area contributed by atoms with Gasteiger partial charge in [-0.25, -0.2) is 0 Å². The molecule has 3 heteroatoms. The molecule has 1 aromatic carbocycles. The molecule has 114 valence electrons. The van der Waals surface area contributed by atoms with Crippen molar-refractivity contribution >= 4 is 21.6 Å². The van der Waals surface area contributed by atoms with E-state index < -0.39 is 0 Å². The van der Waals surface area contributed by atoms with Crippen LogP contribution in [0.4, 0.5) is 5.69 Å². The van der Waals surface area contributed by atoms with Crippen molar-refractivity contribution in [3.63, 3.8) is 0 Å². The summed E-state index contributed by atoms with van der Waals surface area (Å²) in [5.74, 6) is 0. The first-order chi connectivity index (χ1) is 9.45. The second-order valence-electron chi connectivity index (χ2n) is 5.96. The van der Waals surface area contributed by atoms with Crippen molar-refractivity contribution in [2.75, 3.05) is 11.4 Å². The first-order valence-electron chi connectivity index (χ1n) is 7.76. The van der Waals surface area contributed by atoms with E-state index in [0.29, 0.717) is 6.04 Å². The number of hydrogen-bond acceptors (Lipinski definition) is 2. The Hall–Kier alpha value is -0.540. The molecule has 0 heterocycles. The molecule has 0 bridgehead atoms. The predicted octanol–water partition coefficient (Wildman–Crippen LogP) is 4.74. The Morgan fingerprint density at radius 3 is 2.40 bits per heavy atom. The van der Waals surface area contributed by atoms with E-state index in [9.17, 15) is 0 Å². The molecule has 0 aliphatic heterocycles. The van der Waals surface area contributed by atoms with Crippen molar-refractivity contribution in [1.29, 1.82) is 0 Å². The van der Waals surface area contributed by atoms with Crippen LogP contribution in [-0.4, -0.2) is 18.6 Å². The van der Waals surface area contributed by atoms with Crippen molar-refractivity contribution in [2.45, 2.75) is 65.5 Å². The van der Waals surface area contributed by atoms with Gasteiger partial charge >= 0.3 is 0 Å². The van der Waals surface area contributed by atoms with Crippen LogP contribution >= 0.6 is 15.9 Å².